The number of piperidine rings is 1. The van der Waals surface area contributed by atoms with E-state index in [1.54, 1.807) is 22.5 Å². The van der Waals surface area contributed by atoms with Gasteiger partial charge in [-0.25, -0.2) is 8.42 Å². The molecule has 2 aromatic rings. The number of rotatable bonds is 8. The van der Waals surface area contributed by atoms with Gasteiger partial charge < -0.3 is 10.6 Å². The Morgan fingerprint density at radius 3 is 2.63 bits per heavy atom. The van der Waals surface area contributed by atoms with Crippen LogP contribution in [0.15, 0.2) is 46.7 Å². The zero-order valence-corrected chi connectivity index (χ0v) is 18.6. The summed E-state index contributed by atoms with van der Waals surface area (Å²) in [6.07, 6.45) is 2.70. The molecule has 3 rings (SSSR count). The Labute approximate surface area is 181 Å². The van der Waals surface area contributed by atoms with Crippen LogP contribution in [0.4, 0.5) is 5.69 Å². The molecule has 9 heteroatoms. The van der Waals surface area contributed by atoms with Crippen molar-refractivity contribution in [2.75, 3.05) is 25.0 Å². The normalized spacial score (nSPS) is 17.4. The summed E-state index contributed by atoms with van der Waals surface area (Å²) in [7, 11) is -3.50. The highest BCUT2D eigenvalue weighted by atomic mass is 32.2. The molecule has 30 heavy (non-hydrogen) atoms. The van der Waals surface area contributed by atoms with Gasteiger partial charge in [0.05, 0.1) is 9.77 Å². The predicted molar refractivity (Wildman–Crippen MR) is 118 cm³/mol. The lowest BCUT2D eigenvalue weighted by Crippen LogP contribution is -2.39. The molecular formula is C21H27N3O4S2. The molecule has 1 fully saturated rings. The van der Waals surface area contributed by atoms with Crippen LogP contribution in [-0.4, -0.2) is 44.2 Å². The van der Waals surface area contributed by atoms with Gasteiger partial charge in [0.2, 0.25) is 15.9 Å². The quantitative estimate of drug-likeness (QED) is 0.605. The molecule has 0 radical (unpaired) electrons. The molecule has 0 bridgehead atoms. The zero-order valence-electron chi connectivity index (χ0n) is 17.0. The fourth-order valence-corrected chi connectivity index (χ4v) is 5.63. The van der Waals surface area contributed by atoms with Crippen LogP contribution in [0.25, 0.3) is 0 Å². The topological polar surface area (TPSA) is 95.6 Å². The van der Waals surface area contributed by atoms with Gasteiger partial charge in [0.1, 0.15) is 0 Å². The predicted octanol–water partition coefficient (Wildman–Crippen LogP) is 3.32. The first kappa shape index (κ1) is 22.5. The van der Waals surface area contributed by atoms with Crippen molar-refractivity contribution in [3.63, 3.8) is 0 Å². The van der Waals surface area contributed by atoms with Crippen molar-refractivity contribution < 1.29 is 18.0 Å². The number of anilines is 1. The van der Waals surface area contributed by atoms with Crippen molar-refractivity contribution >= 4 is 38.9 Å². The lowest BCUT2D eigenvalue weighted by molar-refractivity contribution is -0.116. The third-order valence-electron chi connectivity index (χ3n) is 5.01. The highest BCUT2D eigenvalue weighted by molar-refractivity contribution is 7.89. The monoisotopic (exact) mass is 449 g/mol. The van der Waals surface area contributed by atoms with Gasteiger partial charge in [-0.1, -0.05) is 13.0 Å². The van der Waals surface area contributed by atoms with Gasteiger partial charge in [-0.05, 0) is 60.9 Å². The molecule has 1 aliphatic rings. The Morgan fingerprint density at radius 2 is 1.97 bits per heavy atom. The van der Waals surface area contributed by atoms with E-state index in [1.165, 1.54) is 23.5 Å². The number of benzene rings is 1. The number of thiophene rings is 1. The van der Waals surface area contributed by atoms with Gasteiger partial charge in [0.25, 0.3) is 5.91 Å². The Bertz CT molecular complexity index is 957. The van der Waals surface area contributed by atoms with Gasteiger partial charge in [-0.15, -0.1) is 11.3 Å². The summed E-state index contributed by atoms with van der Waals surface area (Å²) >= 11 is 1.37. The van der Waals surface area contributed by atoms with Crippen LogP contribution >= 0.6 is 11.3 Å². The van der Waals surface area contributed by atoms with Gasteiger partial charge >= 0.3 is 0 Å². The van der Waals surface area contributed by atoms with E-state index in [2.05, 4.69) is 17.6 Å². The molecule has 7 nitrogen and oxygen atoms in total. The van der Waals surface area contributed by atoms with E-state index < -0.39 is 10.0 Å². The maximum atomic E-state index is 12.8. The van der Waals surface area contributed by atoms with Crippen LogP contribution in [0.5, 0.6) is 0 Å². The van der Waals surface area contributed by atoms with Crippen molar-refractivity contribution in [2.45, 2.75) is 37.5 Å². The third-order valence-corrected chi connectivity index (χ3v) is 7.75. The van der Waals surface area contributed by atoms with Crippen LogP contribution in [0, 0.1) is 5.92 Å². The van der Waals surface area contributed by atoms with Crippen LogP contribution in [0.2, 0.25) is 0 Å². The molecule has 1 saturated heterocycles. The van der Waals surface area contributed by atoms with Crippen molar-refractivity contribution in [3.8, 4) is 0 Å². The van der Waals surface area contributed by atoms with E-state index in [1.807, 2.05) is 11.4 Å². The molecule has 0 aliphatic carbocycles. The molecule has 0 saturated carbocycles. The Hall–Kier alpha value is -2.23. The Kier molecular flexibility index (Phi) is 7.63. The summed E-state index contributed by atoms with van der Waals surface area (Å²) in [4.78, 5) is 24.8. The van der Waals surface area contributed by atoms with Gasteiger partial charge in [-0.2, -0.15) is 4.31 Å². The number of sulfonamides is 1. The Balaban J connectivity index is 1.45. The number of carbonyl (C=O) groups is 2. The van der Waals surface area contributed by atoms with Gasteiger partial charge in [0, 0.05) is 31.7 Å². The van der Waals surface area contributed by atoms with Crippen molar-refractivity contribution in [1.82, 2.24) is 9.62 Å². The largest absolute Gasteiger partial charge is 0.351 e. The van der Waals surface area contributed by atoms with E-state index in [0.29, 0.717) is 42.5 Å². The SMILES string of the molecule is CC1CCCN(S(=O)(=O)c2ccc(NC(=O)CCCNC(=O)c3cccs3)cc2)C1. The van der Waals surface area contributed by atoms with Gasteiger partial charge in [-0.3, -0.25) is 9.59 Å². The molecule has 0 spiro atoms. The van der Waals surface area contributed by atoms with E-state index in [4.69, 9.17) is 0 Å². The summed E-state index contributed by atoms with van der Waals surface area (Å²) < 4.78 is 27.1. The number of carbonyl (C=O) groups excluding carboxylic acids is 2. The number of hydrogen-bond donors (Lipinski definition) is 2. The lowest BCUT2D eigenvalue weighted by Gasteiger charge is -2.30. The number of hydrogen-bond acceptors (Lipinski definition) is 5. The number of nitrogens with one attached hydrogen (secondary N) is 2. The standard InChI is InChI=1S/C21H27N3O4S2/c1-16-5-3-13-24(15-16)30(27,28)18-10-8-17(9-11-18)23-20(25)7-2-12-22-21(26)19-6-4-14-29-19/h4,6,8-11,14,16H,2-3,5,7,12-13,15H2,1H3,(H,22,26)(H,23,25). The Morgan fingerprint density at radius 1 is 1.20 bits per heavy atom. The summed E-state index contributed by atoms with van der Waals surface area (Å²) in [6.45, 7) is 3.57. The minimum Gasteiger partial charge on any atom is -0.351 e. The summed E-state index contributed by atoms with van der Waals surface area (Å²) in [6, 6.07) is 9.85. The molecule has 1 aliphatic heterocycles. The summed E-state index contributed by atoms with van der Waals surface area (Å²) in [5.74, 6) is 0.0494. The molecule has 1 unspecified atom stereocenters. The first-order valence-electron chi connectivity index (χ1n) is 10.1. The molecule has 1 atom stereocenters. The van der Waals surface area contributed by atoms with E-state index in [9.17, 15) is 18.0 Å². The number of nitrogens with zero attached hydrogens (tertiary/aromatic N) is 1. The van der Waals surface area contributed by atoms with Crippen molar-refractivity contribution in [2.24, 2.45) is 5.92 Å². The molecule has 2 heterocycles. The fraction of sp³-hybridized carbons (Fsp3) is 0.429. The molecular weight excluding hydrogens is 422 g/mol. The van der Waals surface area contributed by atoms with E-state index in [-0.39, 0.29) is 23.1 Å². The van der Waals surface area contributed by atoms with Crippen molar-refractivity contribution in [3.05, 3.63) is 46.7 Å². The number of amides is 2. The van der Waals surface area contributed by atoms with Gasteiger partial charge in [0.15, 0.2) is 0 Å². The molecule has 1 aromatic carbocycles. The van der Waals surface area contributed by atoms with Crippen LogP contribution in [0.1, 0.15) is 42.3 Å². The smallest absolute Gasteiger partial charge is 0.261 e. The molecule has 1 aromatic heterocycles. The minimum absolute atomic E-state index is 0.134. The second-order valence-electron chi connectivity index (χ2n) is 7.52. The van der Waals surface area contributed by atoms with Crippen molar-refractivity contribution in [1.29, 1.82) is 0 Å². The second kappa shape index (κ2) is 10.2. The first-order chi connectivity index (χ1) is 14.4. The minimum atomic E-state index is -3.50. The lowest BCUT2D eigenvalue weighted by atomic mass is 10.0. The molecule has 162 valence electrons. The fourth-order valence-electron chi connectivity index (χ4n) is 3.39. The summed E-state index contributed by atoms with van der Waals surface area (Å²) in [5.41, 5.74) is 0.550. The van der Waals surface area contributed by atoms with Crippen LogP contribution in [0.3, 0.4) is 0 Å². The summed E-state index contributed by atoms with van der Waals surface area (Å²) in [5, 5.41) is 7.39. The highest BCUT2D eigenvalue weighted by Crippen LogP contribution is 2.24. The van der Waals surface area contributed by atoms with E-state index in [0.717, 1.165) is 12.8 Å². The van der Waals surface area contributed by atoms with E-state index >= 15 is 0 Å². The average Bonchev–Trinajstić information content (AvgIpc) is 3.26. The average molecular weight is 450 g/mol. The maximum Gasteiger partial charge on any atom is 0.261 e. The third kappa shape index (κ3) is 5.90. The molecule has 2 amide bonds. The first-order valence-corrected chi connectivity index (χ1v) is 12.4. The molecule has 2 N–H and O–H groups in total. The zero-order chi connectivity index (χ0) is 21.6. The van der Waals surface area contributed by atoms with Crippen LogP contribution < -0.4 is 10.6 Å². The second-order valence-corrected chi connectivity index (χ2v) is 10.4. The maximum absolute atomic E-state index is 12.8. The van der Waals surface area contributed by atoms with Crippen LogP contribution in [-0.2, 0) is 14.8 Å². The highest BCUT2D eigenvalue weighted by Gasteiger charge is 2.28.